The van der Waals surface area contributed by atoms with E-state index in [9.17, 15) is 8.42 Å². The van der Waals surface area contributed by atoms with Crippen LogP contribution in [-0.4, -0.2) is 43.1 Å². The summed E-state index contributed by atoms with van der Waals surface area (Å²) in [5.74, 6) is 0.441. The first-order valence-corrected chi connectivity index (χ1v) is 12.6. The lowest BCUT2D eigenvalue weighted by molar-refractivity contribution is 0.0277. The Morgan fingerprint density at radius 1 is 1.09 bits per heavy atom. The quantitative estimate of drug-likeness (QED) is 0.358. The van der Waals surface area contributed by atoms with Gasteiger partial charge in [-0.05, 0) is 29.8 Å². The van der Waals surface area contributed by atoms with Gasteiger partial charge < -0.3 is 15.4 Å². The van der Waals surface area contributed by atoms with Crippen molar-refractivity contribution in [3.63, 3.8) is 0 Å². The molecular weight excluding hydrogens is 464 g/mol. The first kappa shape index (κ1) is 22.9. The van der Waals surface area contributed by atoms with Crippen LogP contribution in [0.15, 0.2) is 79.0 Å². The highest BCUT2D eigenvalue weighted by atomic mass is 32.2. The minimum absolute atomic E-state index is 0.0523. The summed E-state index contributed by atoms with van der Waals surface area (Å²) in [6, 6.07) is 16.9. The number of nitrogens with one attached hydrogen (secondary N) is 3. The predicted molar refractivity (Wildman–Crippen MR) is 137 cm³/mol. The average molecular weight is 489 g/mol. The van der Waals surface area contributed by atoms with E-state index in [0.29, 0.717) is 29.5 Å². The zero-order chi connectivity index (χ0) is 24.3. The Bertz CT molecular complexity index is 1470. The van der Waals surface area contributed by atoms with E-state index in [1.165, 1.54) is 0 Å². The molecule has 1 atom stereocenters. The number of fused-ring (bicyclic) bond motifs is 1. The lowest BCUT2D eigenvalue weighted by Crippen LogP contribution is -2.33. The molecule has 1 saturated heterocycles. The number of hydrogen-bond acceptors (Lipinski definition) is 8. The van der Waals surface area contributed by atoms with Crippen LogP contribution in [0.3, 0.4) is 0 Å². The molecule has 0 radical (unpaired) electrons. The van der Waals surface area contributed by atoms with Crippen molar-refractivity contribution in [3.05, 3.63) is 84.5 Å². The van der Waals surface area contributed by atoms with Crippen molar-refractivity contribution in [3.8, 4) is 11.3 Å². The van der Waals surface area contributed by atoms with Gasteiger partial charge >= 0.3 is 0 Å². The molecule has 9 nitrogen and oxygen atoms in total. The molecule has 1 aliphatic rings. The maximum atomic E-state index is 11.9. The predicted octanol–water partition coefficient (Wildman–Crippen LogP) is 3.98. The van der Waals surface area contributed by atoms with Gasteiger partial charge in [-0.2, -0.15) is 0 Å². The van der Waals surface area contributed by atoms with Gasteiger partial charge in [-0.25, -0.2) is 18.4 Å². The summed E-state index contributed by atoms with van der Waals surface area (Å²) in [4.78, 5) is 13.6. The Morgan fingerprint density at radius 3 is 2.71 bits per heavy atom. The maximum absolute atomic E-state index is 11.9. The van der Waals surface area contributed by atoms with Gasteiger partial charge in [0.25, 0.3) is 10.0 Å². The normalized spacial score (nSPS) is 16.1. The molecule has 0 aliphatic carbocycles. The van der Waals surface area contributed by atoms with Crippen LogP contribution < -0.4 is 15.4 Å². The van der Waals surface area contributed by atoms with Crippen molar-refractivity contribution in [1.29, 1.82) is 0 Å². The highest BCUT2D eigenvalue weighted by Crippen LogP contribution is 2.29. The highest BCUT2D eigenvalue weighted by molar-refractivity contribution is 7.95. The SMILES string of the molecule is C=CS(=O)(=O)Nc1ccnc(-c2cccc3cnc(Nc4ccc(C5CNCCO5)cc4)nc23)c1. The summed E-state index contributed by atoms with van der Waals surface area (Å²) < 4.78 is 32.0. The van der Waals surface area contributed by atoms with Crippen LogP contribution in [0.5, 0.6) is 0 Å². The van der Waals surface area contributed by atoms with Crippen molar-refractivity contribution >= 4 is 38.2 Å². The minimum atomic E-state index is -3.63. The molecule has 3 heterocycles. The summed E-state index contributed by atoms with van der Waals surface area (Å²) in [5.41, 5.74) is 4.38. The molecule has 0 amide bonds. The Labute approximate surface area is 203 Å². The average Bonchev–Trinajstić information content (AvgIpc) is 2.89. The number of ether oxygens (including phenoxy) is 1. The van der Waals surface area contributed by atoms with Gasteiger partial charge in [-0.15, -0.1) is 0 Å². The first-order valence-electron chi connectivity index (χ1n) is 11.1. The molecule has 0 bridgehead atoms. The van der Waals surface area contributed by atoms with E-state index in [4.69, 9.17) is 9.72 Å². The number of aromatic nitrogens is 3. The van der Waals surface area contributed by atoms with Crippen molar-refractivity contribution in [2.45, 2.75) is 6.10 Å². The van der Waals surface area contributed by atoms with Crippen LogP contribution in [0, 0.1) is 0 Å². The molecule has 1 fully saturated rings. The smallest absolute Gasteiger partial charge is 0.254 e. The van der Waals surface area contributed by atoms with Crippen molar-refractivity contribution < 1.29 is 13.2 Å². The van der Waals surface area contributed by atoms with Gasteiger partial charge in [0.1, 0.15) is 0 Å². The van der Waals surface area contributed by atoms with Crippen LogP contribution in [0.4, 0.5) is 17.3 Å². The molecule has 0 spiro atoms. The number of benzene rings is 2. The van der Waals surface area contributed by atoms with Crippen LogP contribution in [0.1, 0.15) is 11.7 Å². The Balaban J connectivity index is 1.42. The number of anilines is 3. The van der Waals surface area contributed by atoms with Crippen molar-refractivity contribution in [2.75, 3.05) is 29.7 Å². The van der Waals surface area contributed by atoms with E-state index >= 15 is 0 Å². The lowest BCUT2D eigenvalue weighted by atomic mass is 10.1. The van der Waals surface area contributed by atoms with Gasteiger partial charge in [0, 0.05) is 47.5 Å². The summed E-state index contributed by atoms with van der Waals surface area (Å²) >= 11 is 0. The lowest BCUT2D eigenvalue weighted by Gasteiger charge is -2.24. The van der Waals surface area contributed by atoms with Gasteiger partial charge in [-0.3, -0.25) is 9.71 Å². The third kappa shape index (κ3) is 5.29. The van der Waals surface area contributed by atoms with Crippen LogP contribution in [-0.2, 0) is 14.8 Å². The highest BCUT2D eigenvalue weighted by Gasteiger charge is 2.15. The third-order valence-corrected chi connectivity index (χ3v) is 6.55. The number of pyridine rings is 1. The van der Waals surface area contributed by atoms with Crippen molar-refractivity contribution in [1.82, 2.24) is 20.3 Å². The summed E-state index contributed by atoms with van der Waals surface area (Å²) in [5, 5.41) is 8.29. The fraction of sp³-hybridized carbons (Fsp3) is 0.160. The first-order chi connectivity index (χ1) is 17.0. The molecular formula is C25H24N6O3S. The molecule has 2 aromatic carbocycles. The van der Waals surface area contributed by atoms with E-state index in [1.54, 1.807) is 24.5 Å². The fourth-order valence-corrected chi connectivity index (χ4v) is 4.40. The van der Waals surface area contributed by atoms with Crippen LogP contribution in [0.25, 0.3) is 22.2 Å². The molecule has 0 saturated carbocycles. The number of sulfonamides is 1. The zero-order valence-electron chi connectivity index (χ0n) is 18.8. The maximum Gasteiger partial charge on any atom is 0.254 e. The molecule has 35 heavy (non-hydrogen) atoms. The number of rotatable bonds is 7. The van der Waals surface area contributed by atoms with Crippen LogP contribution >= 0.6 is 0 Å². The number of morpholine rings is 1. The second-order valence-electron chi connectivity index (χ2n) is 7.99. The molecule has 3 N–H and O–H groups in total. The number of para-hydroxylation sites is 1. The minimum Gasteiger partial charge on any atom is -0.371 e. The van der Waals surface area contributed by atoms with E-state index < -0.39 is 10.0 Å². The molecule has 10 heteroatoms. The number of nitrogens with zero attached hydrogens (tertiary/aromatic N) is 3. The summed E-state index contributed by atoms with van der Waals surface area (Å²) in [7, 11) is -3.63. The molecule has 178 valence electrons. The van der Waals surface area contributed by atoms with E-state index in [-0.39, 0.29) is 6.10 Å². The van der Waals surface area contributed by atoms with Crippen molar-refractivity contribution in [2.24, 2.45) is 0 Å². The van der Waals surface area contributed by atoms with E-state index in [1.807, 2.05) is 42.5 Å². The Morgan fingerprint density at radius 2 is 1.94 bits per heavy atom. The van der Waals surface area contributed by atoms with Gasteiger partial charge in [-0.1, -0.05) is 36.9 Å². The molecule has 1 unspecified atom stereocenters. The summed E-state index contributed by atoms with van der Waals surface area (Å²) in [6.45, 7) is 5.70. The fourth-order valence-electron chi connectivity index (χ4n) is 3.86. The zero-order valence-corrected chi connectivity index (χ0v) is 19.6. The second-order valence-corrected chi connectivity index (χ2v) is 9.62. The van der Waals surface area contributed by atoms with Crippen LogP contribution in [0.2, 0.25) is 0 Å². The summed E-state index contributed by atoms with van der Waals surface area (Å²) in [6.07, 6.45) is 3.34. The van der Waals surface area contributed by atoms with Gasteiger partial charge in [0.2, 0.25) is 5.95 Å². The molecule has 1 aliphatic heterocycles. The monoisotopic (exact) mass is 488 g/mol. The molecule has 4 aromatic rings. The largest absolute Gasteiger partial charge is 0.371 e. The topological polar surface area (TPSA) is 118 Å². The standard InChI is InChI=1S/C25H24N6O3S/c1-2-35(32,33)31-20-10-11-27-22(14-20)21-5-3-4-18-15-28-25(30-24(18)21)29-19-8-6-17(7-9-19)23-16-26-12-13-34-23/h2-11,14-15,23,26H,1,12-13,16H2,(H,27,31)(H,28,29,30). The Hall–Kier alpha value is -3.86. The third-order valence-electron chi connectivity index (χ3n) is 5.59. The number of hydrogen-bond donors (Lipinski definition) is 3. The van der Waals surface area contributed by atoms with E-state index in [0.717, 1.165) is 40.7 Å². The molecule has 5 rings (SSSR count). The Kier molecular flexibility index (Phi) is 6.41. The molecule has 2 aromatic heterocycles. The van der Waals surface area contributed by atoms with Gasteiger partial charge in [0.15, 0.2) is 0 Å². The second kappa shape index (κ2) is 9.79. The van der Waals surface area contributed by atoms with Gasteiger partial charge in [0.05, 0.1) is 29.6 Å². The van der Waals surface area contributed by atoms with E-state index in [2.05, 4.69) is 31.9 Å².